The van der Waals surface area contributed by atoms with E-state index in [1.165, 1.54) is 6.07 Å². The molecule has 7 nitrogen and oxygen atoms in total. The number of nitro groups is 1. The molecule has 23 heavy (non-hydrogen) atoms. The Kier molecular flexibility index (Phi) is 6.50. The Morgan fingerprint density at radius 2 is 2.00 bits per heavy atom. The number of nitrogens with one attached hydrogen (secondary N) is 2. The average Bonchev–Trinajstić information content (AvgIpc) is 2.47. The minimum atomic E-state index is -0.463. The highest BCUT2D eigenvalue weighted by Gasteiger charge is 2.18. The fourth-order valence-corrected chi connectivity index (χ4v) is 2.23. The van der Waals surface area contributed by atoms with Gasteiger partial charge in [0.15, 0.2) is 0 Å². The maximum Gasteiger partial charge on any atom is 0.319 e. The van der Waals surface area contributed by atoms with E-state index < -0.39 is 11.0 Å². The molecule has 0 aliphatic rings. The van der Waals surface area contributed by atoms with E-state index in [2.05, 4.69) is 10.6 Å². The molecule has 0 saturated heterocycles. The first-order chi connectivity index (χ1) is 10.7. The van der Waals surface area contributed by atoms with E-state index in [1.54, 1.807) is 19.9 Å². The highest BCUT2D eigenvalue weighted by Crippen LogP contribution is 2.28. The summed E-state index contributed by atoms with van der Waals surface area (Å²) >= 11 is 0. The van der Waals surface area contributed by atoms with E-state index in [9.17, 15) is 20.0 Å². The molecule has 0 atom stereocenters. The molecule has 3 N–H and O–H groups in total. The predicted molar refractivity (Wildman–Crippen MR) is 89.7 cm³/mol. The number of aryl methyl sites for hydroxylation is 1. The van der Waals surface area contributed by atoms with Gasteiger partial charge in [-0.2, -0.15) is 0 Å². The van der Waals surface area contributed by atoms with E-state index in [0.29, 0.717) is 17.8 Å². The van der Waals surface area contributed by atoms with Gasteiger partial charge >= 0.3 is 6.03 Å². The van der Waals surface area contributed by atoms with Gasteiger partial charge in [0.2, 0.25) is 0 Å². The number of anilines is 1. The predicted octanol–water partition coefficient (Wildman–Crippen LogP) is 3.13. The first-order valence-electron chi connectivity index (χ1n) is 7.58. The van der Waals surface area contributed by atoms with Gasteiger partial charge in [0, 0.05) is 19.2 Å². The monoisotopic (exact) mass is 323 g/mol. The second kappa shape index (κ2) is 7.92. The van der Waals surface area contributed by atoms with Crippen LogP contribution < -0.4 is 10.6 Å². The van der Waals surface area contributed by atoms with E-state index in [1.807, 2.05) is 13.8 Å². The third kappa shape index (κ3) is 5.52. The van der Waals surface area contributed by atoms with Crippen molar-refractivity contribution in [3.05, 3.63) is 33.4 Å². The van der Waals surface area contributed by atoms with Gasteiger partial charge in [-0.15, -0.1) is 0 Å². The van der Waals surface area contributed by atoms with Crippen LogP contribution in [-0.4, -0.2) is 29.2 Å². The third-order valence-electron chi connectivity index (χ3n) is 3.82. The third-order valence-corrected chi connectivity index (χ3v) is 3.82. The van der Waals surface area contributed by atoms with E-state index >= 15 is 0 Å². The number of hydrogen-bond acceptors (Lipinski definition) is 4. The van der Waals surface area contributed by atoms with E-state index in [0.717, 1.165) is 18.4 Å². The van der Waals surface area contributed by atoms with Crippen LogP contribution in [0, 0.1) is 29.4 Å². The zero-order valence-corrected chi connectivity index (χ0v) is 14.1. The highest BCUT2D eigenvalue weighted by atomic mass is 16.6. The molecule has 0 aromatic heterocycles. The van der Waals surface area contributed by atoms with Crippen LogP contribution in [-0.2, 0) is 0 Å². The summed E-state index contributed by atoms with van der Waals surface area (Å²) in [5.74, 6) is 0. The van der Waals surface area contributed by atoms with Gasteiger partial charge in [-0.1, -0.05) is 19.9 Å². The number of rotatable bonds is 7. The molecule has 0 spiro atoms. The maximum atomic E-state index is 12.0. The lowest BCUT2D eigenvalue weighted by molar-refractivity contribution is -0.385. The van der Waals surface area contributed by atoms with Gasteiger partial charge in [0.05, 0.1) is 16.2 Å². The van der Waals surface area contributed by atoms with Gasteiger partial charge in [-0.3, -0.25) is 10.1 Å². The molecule has 0 aliphatic heterocycles. The van der Waals surface area contributed by atoms with Gasteiger partial charge in [-0.25, -0.2) is 4.79 Å². The number of aliphatic hydroxyl groups excluding tert-OH is 1. The zero-order valence-electron chi connectivity index (χ0n) is 14.1. The Morgan fingerprint density at radius 1 is 1.35 bits per heavy atom. The van der Waals surface area contributed by atoms with Gasteiger partial charge < -0.3 is 15.7 Å². The molecular formula is C16H25N3O4. The summed E-state index contributed by atoms with van der Waals surface area (Å²) in [6, 6.07) is 2.66. The molecule has 0 saturated carbocycles. The molecule has 0 radical (unpaired) electrons. The van der Waals surface area contributed by atoms with Crippen molar-refractivity contribution in [2.75, 3.05) is 18.5 Å². The van der Waals surface area contributed by atoms with Crippen molar-refractivity contribution in [2.24, 2.45) is 5.41 Å². The van der Waals surface area contributed by atoms with Crippen LogP contribution >= 0.6 is 0 Å². The lowest BCUT2D eigenvalue weighted by Crippen LogP contribution is -2.31. The van der Waals surface area contributed by atoms with Crippen molar-refractivity contribution >= 4 is 17.4 Å². The number of carbonyl (C=O) groups excluding carboxylic acids is 1. The first kappa shape index (κ1) is 18.9. The molecule has 0 bridgehead atoms. The van der Waals surface area contributed by atoms with Crippen molar-refractivity contribution in [2.45, 2.75) is 40.5 Å². The Bertz CT molecular complexity index is 585. The molecule has 0 unspecified atom stereocenters. The first-order valence-corrected chi connectivity index (χ1v) is 7.58. The largest absolute Gasteiger partial charge is 0.396 e. The Hall–Kier alpha value is -2.15. The number of nitrogens with zero attached hydrogens (tertiary/aromatic N) is 1. The number of carbonyl (C=O) groups is 1. The topological polar surface area (TPSA) is 105 Å². The number of benzene rings is 1. The van der Waals surface area contributed by atoms with E-state index in [-0.39, 0.29) is 17.7 Å². The number of urea groups is 1. The van der Waals surface area contributed by atoms with Crippen molar-refractivity contribution in [1.82, 2.24) is 5.32 Å². The smallest absolute Gasteiger partial charge is 0.319 e. The Morgan fingerprint density at radius 3 is 2.57 bits per heavy atom. The van der Waals surface area contributed by atoms with Crippen molar-refractivity contribution < 1.29 is 14.8 Å². The lowest BCUT2D eigenvalue weighted by Gasteiger charge is -2.21. The minimum absolute atomic E-state index is 0.0180. The fraction of sp³-hybridized carbons (Fsp3) is 0.562. The second-order valence-electron chi connectivity index (χ2n) is 6.47. The molecular weight excluding hydrogens is 298 g/mol. The molecule has 1 rings (SSSR count). The minimum Gasteiger partial charge on any atom is -0.396 e. The normalized spacial score (nSPS) is 11.2. The summed E-state index contributed by atoms with van der Waals surface area (Å²) in [6.07, 6.45) is 1.53. The summed E-state index contributed by atoms with van der Waals surface area (Å²) < 4.78 is 0. The molecule has 1 aromatic carbocycles. The van der Waals surface area contributed by atoms with Crippen molar-refractivity contribution in [3.8, 4) is 0 Å². The maximum absolute atomic E-state index is 12.0. The summed E-state index contributed by atoms with van der Waals surface area (Å²) in [5.41, 5.74) is 1.49. The number of nitro benzene ring substituents is 1. The standard InChI is InChI=1S/C16H25N3O4/c1-11-6-7-13(19(22)23)12(2)14(11)18-15(21)17-9-5-8-16(3,4)10-20/h6-7,20H,5,8-10H2,1-4H3,(H2,17,18,21). The fourth-order valence-electron chi connectivity index (χ4n) is 2.23. The molecule has 2 amide bonds. The van der Waals surface area contributed by atoms with Gasteiger partial charge in [-0.05, 0) is 37.7 Å². The molecule has 0 aliphatic carbocycles. The van der Waals surface area contributed by atoms with Gasteiger partial charge in [0.25, 0.3) is 5.69 Å². The van der Waals surface area contributed by atoms with E-state index in [4.69, 9.17) is 0 Å². The number of hydrogen-bond donors (Lipinski definition) is 3. The Labute approximate surface area is 136 Å². The van der Waals surface area contributed by atoms with Crippen LogP contribution in [0.15, 0.2) is 12.1 Å². The zero-order chi connectivity index (χ0) is 17.6. The lowest BCUT2D eigenvalue weighted by atomic mass is 9.89. The van der Waals surface area contributed by atoms with Crippen LogP contribution in [0.3, 0.4) is 0 Å². The Balaban J connectivity index is 2.61. The van der Waals surface area contributed by atoms with Crippen LogP contribution in [0.25, 0.3) is 0 Å². The second-order valence-corrected chi connectivity index (χ2v) is 6.47. The van der Waals surface area contributed by atoms with Crippen LogP contribution in [0.1, 0.15) is 37.8 Å². The molecule has 7 heteroatoms. The summed E-state index contributed by atoms with van der Waals surface area (Å²) in [4.78, 5) is 22.4. The molecule has 128 valence electrons. The van der Waals surface area contributed by atoms with Crippen molar-refractivity contribution in [1.29, 1.82) is 0 Å². The number of aliphatic hydroxyl groups is 1. The number of amides is 2. The van der Waals surface area contributed by atoms with Crippen LogP contribution in [0.5, 0.6) is 0 Å². The van der Waals surface area contributed by atoms with Crippen molar-refractivity contribution in [3.63, 3.8) is 0 Å². The van der Waals surface area contributed by atoms with Crippen LogP contribution in [0.4, 0.5) is 16.2 Å². The molecule has 0 heterocycles. The SMILES string of the molecule is Cc1ccc([N+](=O)[O-])c(C)c1NC(=O)NCCCC(C)(C)CO. The highest BCUT2D eigenvalue weighted by molar-refractivity contribution is 5.91. The average molecular weight is 323 g/mol. The summed E-state index contributed by atoms with van der Waals surface area (Å²) in [5, 5.41) is 25.5. The molecule has 0 fully saturated rings. The van der Waals surface area contributed by atoms with Crippen LogP contribution in [0.2, 0.25) is 0 Å². The summed E-state index contributed by atoms with van der Waals surface area (Å²) in [6.45, 7) is 7.90. The quantitative estimate of drug-likeness (QED) is 0.407. The van der Waals surface area contributed by atoms with Gasteiger partial charge in [0.1, 0.15) is 0 Å². The summed E-state index contributed by atoms with van der Waals surface area (Å²) in [7, 11) is 0. The molecule has 1 aromatic rings.